The van der Waals surface area contributed by atoms with Gasteiger partial charge in [0, 0.05) is 6.20 Å². The Morgan fingerprint density at radius 1 is 1.37 bits per heavy atom. The quantitative estimate of drug-likeness (QED) is 0.920. The number of pyridine rings is 1. The van der Waals surface area contributed by atoms with Crippen molar-refractivity contribution in [3.63, 3.8) is 0 Å². The molecule has 98 valence electrons. The molecule has 0 radical (unpaired) electrons. The molecule has 2 rings (SSSR count). The van der Waals surface area contributed by atoms with Gasteiger partial charge in [-0.05, 0) is 39.7 Å². The number of nitrogens with one attached hydrogen (secondary N) is 1. The second-order valence-electron chi connectivity index (χ2n) is 3.80. The highest BCUT2D eigenvalue weighted by Crippen LogP contribution is 2.19. The van der Waals surface area contributed by atoms with Gasteiger partial charge in [-0.25, -0.2) is 9.37 Å². The summed E-state index contributed by atoms with van der Waals surface area (Å²) < 4.78 is 14.0. The first-order valence-electron chi connectivity index (χ1n) is 5.40. The Bertz CT molecular complexity index is 604. The molecule has 19 heavy (non-hydrogen) atoms. The standard InChI is InChI=1S/C13H9BrClFN2O/c14-10-3-1-2-8(13(10)16)6-12(19)18-11-5-4-9(15)7-17-11/h1-5,7H,6H2,(H,17,18,19). The number of carbonyl (C=O) groups is 1. The average Bonchev–Trinajstić information content (AvgIpc) is 2.38. The van der Waals surface area contributed by atoms with Crippen LogP contribution in [0.15, 0.2) is 41.0 Å². The fraction of sp³-hybridized carbons (Fsp3) is 0.0769. The third kappa shape index (κ3) is 3.75. The predicted molar refractivity (Wildman–Crippen MR) is 75.7 cm³/mol. The maximum absolute atomic E-state index is 13.7. The van der Waals surface area contributed by atoms with E-state index in [0.717, 1.165) is 0 Å². The Hall–Kier alpha value is -1.46. The number of nitrogens with zero attached hydrogens (tertiary/aromatic N) is 1. The first kappa shape index (κ1) is 14.0. The number of anilines is 1. The van der Waals surface area contributed by atoms with Crippen molar-refractivity contribution < 1.29 is 9.18 Å². The van der Waals surface area contributed by atoms with Crippen molar-refractivity contribution >= 4 is 39.3 Å². The van der Waals surface area contributed by atoms with Crippen molar-refractivity contribution in [2.24, 2.45) is 0 Å². The van der Waals surface area contributed by atoms with E-state index in [1.54, 1.807) is 30.3 Å². The molecule has 1 aromatic heterocycles. The summed E-state index contributed by atoms with van der Waals surface area (Å²) in [6.07, 6.45) is 1.37. The van der Waals surface area contributed by atoms with Crippen LogP contribution in [0.1, 0.15) is 5.56 Å². The summed E-state index contributed by atoms with van der Waals surface area (Å²) in [6.45, 7) is 0. The molecule has 0 aliphatic rings. The molecule has 1 aromatic carbocycles. The minimum atomic E-state index is -0.429. The third-order valence-corrected chi connectivity index (χ3v) is 3.21. The van der Waals surface area contributed by atoms with Crippen molar-refractivity contribution in [2.75, 3.05) is 5.32 Å². The second kappa shape index (κ2) is 6.12. The van der Waals surface area contributed by atoms with E-state index in [-0.39, 0.29) is 12.3 Å². The van der Waals surface area contributed by atoms with Gasteiger partial charge in [-0.1, -0.05) is 23.7 Å². The molecule has 0 atom stereocenters. The highest BCUT2D eigenvalue weighted by molar-refractivity contribution is 9.10. The van der Waals surface area contributed by atoms with Gasteiger partial charge in [0.1, 0.15) is 11.6 Å². The van der Waals surface area contributed by atoms with Crippen LogP contribution in [0.2, 0.25) is 5.02 Å². The van der Waals surface area contributed by atoms with E-state index < -0.39 is 5.82 Å². The number of rotatable bonds is 3. The van der Waals surface area contributed by atoms with Crippen molar-refractivity contribution in [1.29, 1.82) is 0 Å². The Kier molecular flexibility index (Phi) is 4.50. The van der Waals surface area contributed by atoms with E-state index in [0.29, 0.717) is 20.9 Å². The Labute approximate surface area is 122 Å². The smallest absolute Gasteiger partial charge is 0.230 e. The lowest BCUT2D eigenvalue weighted by Crippen LogP contribution is -2.16. The minimum absolute atomic E-state index is 0.0599. The first-order valence-corrected chi connectivity index (χ1v) is 6.57. The summed E-state index contributed by atoms with van der Waals surface area (Å²) >= 11 is 8.76. The van der Waals surface area contributed by atoms with Crippen molar-refractivity contribution in [1.82, 2.24) is 4.98 Å². The fourth-order valence-corrected chi connectivity index (χ4v) is 2.01. The molecule has 0 bridgehead atoms. The molecule has 2 aromatic rings. The number of hydrogen-bond acceptors (Lipinski definition) is 2. The van der Waals surface area contributed by atoms with Crippen LogP contribution in [0.25, 0.3) is 0 Å². The zero-order valence-corrected chi connectivity index (χ0v) is 12.0. The van der Waals surface area contributed by atoms with Crippen molar-refractivity contribution in [3.05, 3.63) is 57.4 Å². The Morgan fingerprint density at radius 2 is 2.16 bits per heavy atom. The maximum atomic E-state index is 13.7. The van der Waals surface area contributed by atoms with Gasteiger partial charge in [0.25, 0.3) is 0 Å². The summed E-state index contributed by atoms with van der Waals surface area (Å²) in [5.41, 5.74) is 0.320. The van der Waals surface area contributed by atoms with Crippen molar-refractivity contribution in [3.8, 4) is 0 Å². The highest BCUT2D eigenvalue weighted by Gasteiger charge is 2.11. The normalized spacial score (nSPS) is 10.3. The Balaban J connectivity index is 2.05. The second-order valence-corrected chi connectivity index (χ2v) is 5.09. The molecule has 0 spiro atoms. The zero-order chi connectivity index (χ0) is 13.8. The van der Waals surface area contributed by atoms with Gasteiger partial charge in [-0.15, -0.1) is 0 Å². The molecule has 0 saturated heterocycles. The number of carbonyl (C=O) groups excluding carboxylic acids is 1. The van der Waals surface area contributed by atoms with Crippen LogP contribution in [0, 0.1) is 5.82 Å². The molecule has 1 heterocycles. The van der Waals surface area contributed by atoms with Crippen LogP contribution in [0.4, 0.5) is 10.2 Å². The van der Waals surface area contributed by atoms with Crippen LogP contribution >= 0.6 is 27.5 Å². The minimum Gasteiger partial charge on any atom is -0.310 e. The molecular formula is C13H9BrClFN2O. The van der Waals surface area contributed by atoms with Gasteiger partial charge in [0.2, 0.25) is 5.91 Å². The lowest BCUT2D eigenvalue weighted by Gasteiger charge is -2.06. The van der Waals surface area contributed by atoms with E-state index in [1.807, 2.05) is 0 Å². The van der Waals surface area contributed by atoms with Gasteiger partial charge in [-0.3, -0.25) is 4.79 Å². The van der Waals surface area contributed by atoms with Crippen molar-refractivity contribution in [2.45, 2.75) is 6.42 Å². The molecular weight excluding hydrogens is 335 g/mol. The van der Waals surface area contributed by atoms with Gasteiger partial charge in [-0.2, -0.15) is 0 Å². The molecule has 1 amide bonds. The van der Waals surface area contributed by atoms with E-state index in [1.165, 1.54) is 6.20 Å². The summed E-state index contributed by atoms with van der Waals surface area (Å²) in [5.74, 6) is -0.390. The van der Waals surface area contributed by atoms with Gasteiger partial charge >= 0.3 is 0 Å². The lowest BCUT2D eigenvalue weighted by atomic mass is 10.1. The lowest BCUT2D eigenvalue weighted by molar-refractivity contribution is -0.115. The highest BCUT2D eigenvalue weighted by atomic mass is 79.9. The van der Waals surface area contributed by atoms with E-state index in [9.17, 15) is 9.18 Å². The number of hydrogen-bond donors (Lipinski definition) is 1. The fourth-order valence-electron chi connectivity index (χ4n) is 1.49. The third-order valence-electron chi connectivity index (χ3n) is 2.38. The summed E-state index contributed by atoms with van der Waals surface area (Å²) in [7, 11) is 0. The van der Waals surface area contributed by atoms with Crippen LogP contribution in [-0.2, 0) is 11.2 Å². The molecule has 0 fully saturated rings. The van der Waals surface area contributed by atoms with E-state index >= 15 is 0 Å². The van der Waals surface area contributed by atoms with Crippen LogP contribution in [0.5, 0.6) is 0 Å². The zero-order valence-electron chi connectivity index (χ0n) is 9.66. The maximum Gasteiger partial charge on any atom is 0.230 e. The summed E-state index contributed by atoms with van der Waals surface area (Å²) in [6, 6.07) is 8.02. The number of benzene rings is 1. The van der Waals surface area contributed by atoms with Crippen LogP contribution in [0.3, 0.4) is 0 Å². The predicted octanol–water partition coefficient (Wildman–Crippen LogP) is 3.82. The molecule has 6 heteroatoms. The number of halogens is 3. The van der Waals surface area contributed by atoms with E-state index in [4.69, 9.17) is 11.6 Å². The molecule has 3 nitrogen and oxygen atoms in total. The first-order chi connectivity index (χ1) is 9.06. The van der Waals surface area contributed by atoms with Gasteiger partial charge in [0.05, 0.1) is 15.9 Å². The summed E-state index contributed by atoms with van der Waals surface area (Å²) in [4.78, 5) is 15.7. The van der Waals surface area contributed by atoms with Crippen LogP contribution in [-0.4, -0.2) is 10.9 Å². The topological polar surface area (TPSA) is 42.0 Å². The van der Waals surface area contributed by atoms with E-state index in [2.05, 4.69) is 26.2 Å². The summed E-state index contributed by atoms with van der Waals surface area (Å²) in [5, 5.41) is 3.06. The average molecular weight is 344 g/mol. The molecule has 0 aliphatic carbocycles. The molecule has 0 saturated carbocycles. The number of aromatic nitrogens is 1. The van der Waals surface area contributed by atoms with Crippen LogP contribution < -0.4 is 5.32 Å². The largest absolute Gasteiger partial charge is 0.310 e. The monoisotopic (exact) mass is 342 g/mol. The molecule has 1 N–H and O–H groups in total. The SMILES string of the molecule is O=C(Cc1cccc(Br)c1F)Nc1ccc(Cl)cn1. The van der Waals surface area contributed by atoms with Gasteiger partial charge < -0.3 is 5.32 Å². The van der Waals surface area contributed by atoms with Gasteiger partial charge in [0.15, 0.2) is 0 Å². The molecule has 0 aliphatic heterocycles. The molecule has 0 unspecified atom stereocenters. The Morgan fingerprint density at radius 3 is 2.84 bits per heavy atom. The number of amides is 1.